The summed E-state index contributed by atoms with van der Waals surface area (Å²) < 4.78 is 0. The molecule has 7 heteroatoms. The van der Waals surface area contributed by atoms with Crippen LogP contribution in [0.5, 0.6) is 0 Å². The first-order valence-corrected chi connectivity index (χ1v) is 4.97. The second-order valence-electron chi connectivity index (χ2n) is 4.48. The second-order valence-corrected chi connectivity index (χ2v) is 4.48. The summed E-state index contributed by atoms with van der Waals surface area (Å²) in [6.45, 7) is 5.94. The summed E-state index contributed by atoms with van der Waals surface area (Å²) in [4.78, 5) is 21.2. The Morgan fingerprint density at radius 3 is 2.62 bits per heavy atom. The van der Waals surface area contributed by atoms with E-state index in [2.05, 4.69) is 20.1 Å². The molecule has 2 heterocycles. The van der Waals surface area contributed by atoms with Crippen LogP contribution in [-0.4, -0.2) is 26.2 Å². The smallest absolute Gasteiger partial charge is 0.351 e. The summed E-state index contributed by atoms with van der Waals surface area (Å²) in [6, 6.07) is 0. The fraction of sp³-hybridized carbons (Fsp3) is 0.556. The molecule has 0 saturated heterocycles. The fourth-order valence-corrected chi connectivity index (χ4v) is 1.84. The van der Waals surface area contributed by atoms with Gasteiger partial charge in [0.25, 0.3) is 5.95 Å². The lowest BCUT2D eigenvalue weighted by atomic mass is 9.99. The highest BCUT2D eigenvalue weighted by Gasteiger charge is 2.35. The molecule has 1 aromatic heterocycles. The van der Waals surface area contributed by atoms with Gasteiger partial charge in [0.15, 0.2) is 0 Å². The maximum atomic E-state index is 11.2. The number of aromatic amines is 1. The molecule has 1 aliphatic heterocycles. The van der Waals surface area contributed by atoms with Crippen LogP contribution in [0.15, 0.2) is 9.90 Å². The van der Waals surface area contributed by atoms with Crippen molar-refractivity contribution in [3.05, 3.63) is 10.5 Å². The largest absolute Gasteiger partial charge is 0.369 e. The van der Waals surface area contributed by atoms with Crippen LogP contribution in [0.1, 0.15) is 27.2 Å². The number of H-pyrrole nitrogens is 1. The van der Waals surface area contributed by atoms with Gasteiger partial charge >= 0.3 is 5.69 Å². The molecule has 0 aliphatic carbocycles. The average molecular weight is 222 g/mol. The number of hydrogen-bond acceptors (Lipinski definition) is 6. The first kappa shape index (κ1) is 10.6. The van der Waals surface area contributed by atoms with Gasteiger partial charge in [-0.1, -0.05) is 0 Å². The molecule has 0 spiro atoms. The highest BCUT2D eigenvalue weighted by Crippen LogP contribution is 2.29. The van der Waals surface area contributed by atoms with Crippen LogP contribution < -0.4 is 16.4 Å². The molecule has 0 radical (unpaired) electrons. The van der Waals surface area contributed by atoms with Crippen molar-refractivity contribution < 1.29 is 0 Å². The molecule has 1 aliphatic rings. The van der Waals surface area contributed by atoms with E-state index in [4.69, 9.17) is 5.73 Å². The van der Waals surface area contributed by atoms with Gasteiger partial charge in [-0.25, -0.2) is 9.80 Å². The zero-order valence-corrected chi connectivity index (χ0v) is 9.48. The van der Waals surface area contributed by atoms with Crippen molar-refractivity contribution in [2.24, 2.45) is 5.10 Å². The number of anilines is 2. The van der Waals surface area contributed by atoms with Crippen LogP contribution in [0.3, 0.4) is 0 Å². The van der Waals surface area contributed by atoms with E-state index >= 15 is 0 Å². The maximum Gasteiger partial charge on any atom is 0.351 e. The van der Waals surface area contributed by atoms with E-state index in [1.807, 2.05) is 20.8 Å². The number of nitrogens with zero attached hydrogens (tertiary/aromatic N) is 4. The molecular formula is C9H14N6O. The average Bonchev–Trinajstić information content (AvgIpc) is 2.37. The number of nitrogens with two attached hydrogens (primary N) is 1. The summed E-state index contributed by atoms with van der Waals surface area (Å²) in [5.41, 5.74) is 5.70. The highest BCUT2D eigenvalue weighted by molar-refractivity contribution is 5.86. The van der Waals surface area contributed by atoms with Gasteiger partial charge in [-0.15, -0.1) is 0 Å². The van der Waals surface area contributed by atoms with E-state index in [-0.39, 0.29) is 17.4 Å². The van der Waals surface area contributed by atoms with Gasteiger partial charge in [-0.2, -0.15) is 15.1 Å². The van der Waals surface area contributed by atoms with E-state index in [1.165, 1.54) is 0 Å². The van der Waals surface area contributed by atoms with Crippen LogP contribution in [0.25, 0.3) is 0 Å². The van der Waals surface area contributed by atoms with Crippen LogP contribution >= 0.6 is 0 Å². The lowest BCUT2D eigenvalue weighted by Gasteiger charge is -2.28. The highest BCUT2D eigenvalue weighted by atomic mass is 16.1. The summed E-state index contributed by atoms with van der Waals surface area (Å²) in [7, 11) is 0. The van der Waals surface area contributed by atoms with E-state index in [0.717, 1.165) is 12.1 Å². The minimum Gasteiger partial charge on any atom is -0.369 e. The van der Waals surface area contributed by atoms with Gasteiger partial charge < -0.3 is 5.73 Å². The Bertz CT molecular complexity index is 503. The molecule has 3 N–H and O–H groups in total. The predicted octanol–water partition coefficient (Wildman–Crippen LogP) is 0.112. The standard InChI is InChI=1S/C9H14N6O/c1-5-4-9(2,3)15(14-5)7-11-6(10)12-8(16)13-7/h4H2,1-3H3,(H3,10,11,12,13,16). The van der Waals surface area contributed by atoms with Crippen LogP contribution in [0.2, 0.25) is 0 Å². The zero-order valence-electron chi connectivity index (χ0n) is 9.48. The van der Waals surface area contributed by atoms with Crippen LogP contribution in [0.4, 0.5) is 11.9 Å². The molecule has 0 atom stereocenters. The number of nitrogens with one attached hydrogen (secondary N) is 1. The molecule has 0 fully saturated rings. The molecule has 16 heavy (non-hydrogen) atoms. The Labute approximate surface area is 92.4 Å². The van der Waals surface area contributed by atoms with Gasteiger partial charge in [0, 0.05) is 12.1 Å². The molecule has 7 nitrogen and oxygen atoms in total. The van der Waals surface area contributed by atoms with Crippen molar-refractivity contribution in [2.45, 2.75) is 32.7 Å². The Morgan fingerprint density at radius 1 is 1.44 bits per heavy atom. The fourth-order valence-electron chi connectivity index (χ4n) is 1.84. The maximum absolute atomic E-state index is 11.2. The lowest BCUT2D eigenvalue weighted by molar-refractivity contribution is 0.505. The SMILES string of the molecule is CC1=NN(c2nc(N)[nH]c(=O)n2)C(C)(C)C1. The first-order valence-electron chi connectivity index (χ1n) is 4.97. The number of hydrazone groups is 1. The van der Waals surface area contributed by atoms with Crippen LogP contribution in [0, 0.1) is 0 Å². The van der Waals surface area contributed by atoms with Crippen molar-refractivity contribution in [3.63, 3.8) is 0 Å². The van der Waals surface area contributed by atoms with Crippen molar-refractivity contribution >= 4 is 17.6 Å². The molecule has 0 amide bonds. The van der Waals surface area contributed by atoms with E-state index in [9.17, 15) is 4.79 Å². The van der Waals surface area contributed by atoms with Gasteiger partial charge in [0.2, 0.25) is 5.95 Å². The molecular weight excluding hydrogens is 208 g/mol. The minimum atomic E-state index is -0.516. The summed E-state index contributed by atoms with van der Waals surface area (Å²) in [5, 5.41) is 5.94. The minimum absolute atomic E-state index is 0.0468. The molecule has 0 bridgehead atoms. The third-order valence-electron chi connectivity index (χ3n) is 2.38. The molecule has 1 aromatic rings. The van der Waals surface area contributed by atoms with Crippen molar-refractivity contribution in [3.8, 4) is 0 Å². The summed E-state index contributed by atoms with van der Waals surface area (Å²) >= 11 is 0. The molecule has 0 aromatic carbocycles. The first-order chi connectivity index (χ1) is 7.38. The summed E-state index contributed by atoms with van der Waals surface area (Å²) in [5.74, 6) is 0.286. The van der Waals surface area contributed by atoms with E-state index in [0.29, 0.717) is 0 Å². The number of nitrogen functional groups attached to an aromatic ring is 1. The molecule has 0 saturated carbocycles. The topological polar surface area (TPSA) is 100 Å². The van der Waals surface area contributed by atoms with Gasteiger partial charge in [0.1, 0.15) is 0 Å². The van der Waals surface area contributed by atoms with Gasteiger partial charge in [-0.3, -0.25) is 4.98 Å². The second kappa shape index (κ2) is 3.29. The summed E-state index contributed by atoms with van der Waals surface area (Å²) in [6.07, 6.45) is 0.809. The molecule has 0 unspecified atom stereocenters. The quantitative estimate of drug-likeness (QED) is 0.702. The van der Waals surface area contributed by atoms with E-state index < -0.39 is 5.69 Å². The number of rotatable bonds is 1. The Hall–Kier alpha value is -1.92. The van der Waals surface area contributed by atoms with Crippen molar-refractivity contribution in [2.75, 3.05) is 10.7 Å². The van der Waals surface area contributed by atoms with Crippen molar-refractivity contribution in [1.82, 2.24) is 15.0 Å². The van der Waals surface area contributed by atoms with Gasteiger partial charge in [0.05, 0.1) is 5.54 Å². The third-order valence-corrected chi connectivity index (χ3v) is 2.38. The number of hydrogen-bond donors (Lipinski definition) is 2. The Balaban J connectivity index is 2.48. The monoisotopic (exact) mass is 222 g/mol. The normalized spacial score (nSPS) is 18.7. The predicted molar refractivity (Wildman–Crippen MR) is 61.3 cm³/mol. The van der Waals surface area contributed by atoms with Crippen molar-refractivity contribution in [1.29, 1.82) is 0 Å². The van der Waals surface area contributed by atoms with E-state index in [1.54, 1.807) is 5.01 Å². The van der Waals surface area contributed by atoms with Gasteiger partial charge in [-0.05, 0) is 20.8 Å². The lowest BCUT2D eigenvalue weighted by Crippen LogP contribution is -2.38. The zero-order chi connectivity index (χ0) is 11.9. The third kappa shape index (κ3) is 1.75. The molecule has 2 rings (SSSR count). The molecule has 86 valence electrons. The van der Waals surface area contributed by atoms with Crippen LogP contribution in [-0.2, 0) is 0 Å². The Morgan fingerprint density at radius 2 is 2.12 bits per heavy atom. The number of aromatic nitrogens is 3. The Kier molecular flexibility index (Phi) is 2.18.